The normalized spacial score (nSPS) is 29.4. The minimum absolute atomic E-state index is 0.0453. The number of rotatable bonds is 1. The summed E-state index contributed by atoms with van der Waals surface area (Å²) in [6.45, 7) is 9.29. The summed E-state index contributed by atoms with van der Waals surface area (Å²) in [5.41, 5.74) is 0.701. The van der Waals surface area contributed by atoms with Crippen molar-refractivity contribution in [3.05, 3.63) is 11.1 Å². The number of fused-ring (bicyclic) bond motifs is 1. The molecule has 2 amide bonds. The van der Waals surface area contributed by atoms with Crippen LogP contribution >= 0.6 is 0 Å². The number of carbonyl (C=O) groups excluding carboxylic acids is 2. The maximum Gasteiger partial charge on any atom is 0.274 e. The van der Waals surface area contributed by atoms with E-state index in [1.165, 1.54) is 0 Å². The van der Waals surface area contributed by atoms with Gasteiger partial charge in [-0.3, -0.25) is 14.5 Å². The molecular formula is C12H16N2O2. The van der Waals surface area contributed by atoms with Crippen LogP contribution in [-0.4, -0.2) is 28.1 Å². The van der Waals surface area contributed by atoms with Gasteiger partial charge in [-0.1, -0.05) is 13.8 Å². The van der Waals surface area contributed by atoms with Crippen LogP contribution in [0.4, 0.5) is 0 Å². The van der Waals surface area contributed by atoms with Crippen LogP contribution in [-0.2, 0) is 9.59 Å². The van der Waals surface area contributed by atoms with E-state index in [9.17, 15) is 9.59 Å². The molecule has 0 aromatic heterocycles. The highest BCUT2D eigenvalue weighted by Gasteiger charge is 2.54. The van der Waals surface area contributed by atoms with Gasteiger partial charge < -0.3 is 0 Å². The fraction of sp³-hybridized carbons (Fsp3) is 0.583. The van der Waals surface area contributed by atoms with E-state index in [0.29, 0.717) is 11.4 Å². The number of aliphatic imine (C=N–C) groups is 1. The molecule has 0 radical (unpaired) electrons. The molecular weight excluding hydrogens is 204 g/mol. The first-order valence-electron chi connectivity index (χ1n) is 5.47. The Morgan fingerprint density at radius 1 is 1.19 bits per heavy atom. The van der Waals surface area contributed by atoms with Gasteiger partial charge in [-0.2, -0.15) is 4.99 Å². The van der Waals surface area contributed by atoms with Gasteiger partial charge in [0.25, 0.3) is 11.8 Å². The predicted octanol–water partition coefficient (Wildman–Crippen LogP) is 1.52. The van der Waals surface area contributed by atoms with Crippen LogP contribution in [0.25, 0.3) is 0 Å². The summed E-state index contributed by atoms with van der Waals surface area (Å²) in [5.74, 6) is 0.295. The summed E-state index contributed by atoms with van der Waals surface area (Å²) < 4.78 is 0. The highest BCUT2D eigenvalue weighted by molar-refractivity contribution is 6.28. The summed E-state index contributed by atoms with van der Waals surface area (Å²) >= 11 is 0. The Hall–Kier alpha value is -1.45. The van der Waals surface area contributed by atoms with E-state index >= 15 is 0 Å². The first-order chi connectivity index (χ1) is 7.31. The van der Waals surface area contributed by atoms with Crippen LogP contribution in [0, 0.1) is 5.92 Å². The van der Waals surface area contributed by atoms with Gasteiger partial charge in [-0.25, -0.2) is 0 Å². The molecule has 0 spiro atoms. The largest absolute Gasteiger partial charge is 0.277 e. The van der Waals surface area contributed by atoms with Crippen molar-refractivity contribution in [2.45, 2.75) is 40.2 Å². The molecule has 16 heavy (non-hydrogen) atoms. The third kappa shape index (κ3) is 1.02. The van der Waals surface area contributed by atoms with E-state index in [1.807, 2.05) is 20.8 Å². The first-order valence-corrected chi connectivity index (χ1v) is 5.47. The standard InChI is InChI=1S/C12H16N2O2/c1-6(2)12(5)11(16)13-9-7(3)8(4)10(15)14(9)12/h6H,1-5H3. The van der Waals surface area contributed by atoms with Crippen LogP contribution in [0.5, 0.6) is 0 Å². The number of carbonyl (C=O) groups is 2. The fourth-order valence-electron chi connectivity index (χ4n) is 2.13. The average molecular weight is 220 g/mol. The summed E-state index contributed by atoms with van der Waals surface area (Å²) in [5, 5.41) is 0. The Bertz CT molecular complexity index is 460. The lowest BCUT2D eigenvalue weighted by molar-refractivity contribution is -0.136. The number of amides is 2. The van der Waals surface area contributed by atoms with Gasteiger partial charge in [0.15, 0.2) is 0 Å². The minimum Gasteiger partial charge on any atom is -0.277 e. The number of hydrogen-bond donors (Lipinski definition) is 0. The average Bonchev–Trinajstić information content (AvgIpc) is 2.59. The van der Waals surface area contributed by atoms with Gasteiger partial charge in [0, 0.05) is 11.1 Å². The Labute approximate surface area is 95.0 Å². The van der Waals surface area contributed by atoms with Crippen LogP contribution in [0.2, 0.25) is 0 Å². The second kappa shape index (κ2) is 3.03. The van der Waals surface area contributed by atoms with Crippen molar-refractivity contribution in [2.75, 3.05) is 0 Å². The third-order valence-electron chi connectivity index (χ3n) is 3.86. The van der Waals surface area contributed by atoms with Crippen molar-refractivity contribution in [3.8, 4) is 0 Å². The molecule has 0 saturated carbocycles. The van der Waals surface area contributed by atoms with Crippen molar-refractivity contribution in [1.29, 1.82) is 0 Å². The van der Waals surface area contributed by atoms with Gasteiger partial charge >= 0.3 is 0 Å². The quantitative estimate of drug-likeness (QED) is 0.672. The van der Waals surface area contributed by atoms with Gasteiger partial charge in [-0.15, -0.1) is 0 Å². The lowest BCUT2D eigenvalue weighted by Gasteiger charge is -2.34. The van der Waals surface area contributed by atoms with E-state index in [4.69, 9.17) is 0 Å². The van der Waals surface area contributed by atoms with E-state index in [0.717, 1.165) is 5.57 Å². The zero-order chi connectivity index (χ0) is 12.2. The number of nitrogens with zero attached hydrogens (tertiary/aromatic N) is 2. The number of amidine groups is 1. The van der Waals surface area contributed by atoms with Crippen molar-refractivity contribution < 1.29 is 9.59 Å². The van der Waals surface area contributed by atoms with Crippen LogP contribution < -0.4 is 0 Å². The molecule has 2 aliphatic heterocycles. The van der Waals surface area contributed by atoms with Gasteiger partial charge in [-0.05, 0) is 26.7 Å². The Morgan fingerprint density at radius 2 is 1.75 bits per heavy atom. The SMILES string of the molecule is CC1=C(C)C2=NC(=O)C(C)(C(C)C)N2C1=O. The molecule has 4 nitrogen and oxygen atoms in total. The van der Waals surface area contributed by atoms with E-state index < -0.39 is 5.54 Å². The fourth-order valence-corrected chi connectivity index (χ4v) is 2.13. The van der Waals surface area contributed by atoms with E-state index in [2.05, 4.69) is 4.99 Å². The highest BCUT2D eigenvalue weighted by Crippen LogP contribution is 2.38. The van der Waals surface area contributed by atoms with Crippen molar-refractivity contribution >= 4 is 17.6 Å². The molecule has 0 aromatic rings. The molecule has 86 valence electrons. The zero-order valence-electron chi connectivity index (χ0n) is 10.3. The lowest BCUT2D eigenvalue weighted by atomic mass is 9.86. The predicted molar refractivity (Wildman–Crippen MR) is 60.9 cm³/mol. The maximum atomic E-state index is 12.1. The Kier molecular flexibility index (Phi) is 2.09. The second-order valence-electron chi connectivity index (χ2n) is 4.93. The molecule has 0 saturated heterocycles. The third-order valence-corrected chi connectivity index (χ3v) is 3.86. The van der Waals surface area contributed by atoms with Crippen LogP contribution in [0.15, 0.2) is 16.1 Å². The summed E-state index contributed by atoms with van der Waals surface area (Å²) in [6.07, 6.45) is 0. The molecule has 2 rings (SSSR count). The monoisotopic (exact) mass is 220 g/mol. The molecule has 0 aromatic carbocycles. The molecule has 2 heterocycles. The smallest absolute Gasteiger partial charge is 0.274 e. The summed E-state index contributed by atoms with van der Waals surface area (Å²) in [4.78, 5) is 29.6. The Morgan fingerprint density at radius 3 is 2.25 bits per heavy atom. The summed E-state index contributed by atoms with van der Waals surface area (Å²) in [7, 11) is 0. The second-order valence-corrected chi connectivity index (χ2v) is 4.93. The van der Waals surface area contributed by atoms with Crippen molar-refractivity contribution in [2.24, 2.45) is 10.9 Å². The van der Waals surface area contributed by atoms with Gasteiger partial charge in [0.1, 0.15) is 11.4 Å². The van der Waals surface area contributed by atoms with E-state index in [-0.39, 0.29) is 17.7 Å². The molecule has 4 heteroatoms. The molecule has 0 aliphatic carbocycles. The van der Waals surface area contributed by atoms with Crippen molar-refractivity contribution in [1.82, 2.24) is 4.90 Å². The molecule has 1 unspecified atom stereocenters. The van der Waals surface area contributed by atoms with E-state index in [1.54, 1.807) is 18.7 Å². The van der Waals surface area contributed by atoms with Crippen LogP contribution in [0.1, 0.15) is 34.6 Å². The molecule has 0 N–H and O–H groups in total. The van der Waals surface area contributed by atoms with Crippen LogP contribution in [0.3, 0.4) is 0 Å². The maximum absolute atomic E-state index is 12.1. The molecule has 2 aliphatic rings. The molecule has 0 bridgehead atoms. The number of hydrogen-bond acceptors (Lipinski definition) is 2. The highest BCUT2D eigenvalue weighted by atomic mass is 16.2. The topological polar surface area (TPSA) is 49.7 Å². The lowest BCUT2D eigenvalue weighted by Crippen LogP contribution is -2.53. The first kappa shape index (κ1) is 11.0. The Balaban J connectivity index is 2.58. The van der Waals surface area contributed by atoms with Crippen molar-refractivity contribution in [3.63, 3.8) is 0 Å². The van der Waals surface area contributed by atoms with Gasteiger partial charge in [0.05, 0.1) is 0 Å². The van der Waals surface area contributed by atoms with Gasteiger partial charge in [0.2, 0.25) is 0 Å². The molecule has 0 fully saturated rings. The summed E-state index contributed by atoms with van der Waals surface area (Å²) in [6, 6.07) is 0. The molecule has 1 atom stereocenters. The zero-order valence-corrected chi connectivity index (χ0v) is 10.3. The minimum atomic E-state index is -0.814.